The van der Waals surface area contributed by atoms with Gasteiger partial charge in [-0.15, -0.1) is 24.8 Å². The molecule has 0 aromatic carbocycles. The van der Waals surface area contributed by atoms with E-state index in [0.717, 1.165) is 38.2 Å². The highest BCUT2D eigenvalue weighted by atomic mass is 35.5. The molecular formula is C15H24Cl2N2O3. The molecule has 1 N–H and O–H groups in total. The standard InChI is InChI=1S/C15H22N2O3.2ClH/c1-16-6-4-15(5-7-16)11-17(10-13(15)14(18)19)9-12-3-2-8-20-12;;/h2-3,8,13H,4-7,9-11H2,1H3,(H,18,19);2*1H. The van der Waals surface area contributed by atoms with E-state index in [-0.39, 0.29) is 36.1 Å². The Morgan fingerprint density at radius 2 is 2.09 bits per heavy atom. The van der Waals surface area contributed by atoms with Crippen molar-refractivity contribution in [2.45, 2.75) is 19.4 Å². The minimum absolute atomic E-state index is 0. The molecule has 1 spiro atoms. The molecular weight excluding hydrogens is 327 g/mol. The summed E-state index contributed by atoms with van der Waals surface area (Å²) in [4.78, 5) is 16.2. The van der Waals surface area contributed by atoms with Gasteiger partial charge in [-0.2, -0.15) is 0 Å². The number of carboxylic acids is 1. The van der Waals surface area contributed by atoms with Gasteiger partial charge in [-0.1, -0.05) is 0 Å². The average Bonchev–Trinajstić information content (AvgIpc) is 3.02. The lowest BCUT2D eigenvalue weighted by Crippen LogP contribution is -2.44. The Labute approximate surface area is 143 Å². The van der Waals surface area contributed by atoms with Gasteiger partial charge in [-0.25, -0.2) is 0 Å². The molecule has 7 heteroatoms. The highest BCUT2D eigenvalue weighted by Crippen LogP contribution is 2.45. The van der Waals surface area contributed by atoms with Crippen molar-refractivity contribution in [3.05, 3.63) is 24.2 Å². The summed E-state index contributed by atoms with van der Waals surface area (Å²) in [6.45, 7) is 4.23. The third kappa shape index (κ3) is 3.77. The van der Waals surface area contributed by atoms with Gasteiger partial charge in [-0.05, 0) is 45.1 Å². The molecule has 5 nitrogen and oxygen atoms in total. The van der Waals surface area contributed by atoms with Crippen LogP contribution in [0.3, 0.4) is 0 Å². The average molecular weight is 351 g/mol. The van der Waals surface area contributed by atoms with Crippen LogP contribution in [0.4, 0.5) is 0 Å². The first-order valence-electron chi connectivity index (χ1n) is 7.25. The van der Waals surface area contributed by atoms with Gasteiger partial charge < -0.3 is 14.4 Å². The molecule has 0 aliphatic carbocycles. The number of halogens is 2. The number of piperidine rings is 1. The highest BCUT2D eigenvalue weighted by molar-refractivity contribution is 5.85. The van der Waals surface area contributed by atoms with E-state index < -0.39 is 5.97 Å². The summed E-state index contributed by atoms with van der Waals surface area (Å²) in [5.74, 6) is 0.0294. The van der Waals surface area contributed by atoms with Crippen LogP contribution in [0.2, 0.25) is 0 Å². The van der Waals surface area contributed by atoms with Gasteiger partial charge >= 0.3 is 5.97 Å². The lowest BCUT2D eigenvalue weighted by molar-refractivity contribution is -0.145. The van der Waals surface area contributed by atoms with E-state index in [1.807, 2.05) is 12.1 Å². The predicted octanol–water partition coefficient (Wildman–Crippen LogP) is 2.35. The van der Waals surface area contributed by atoms with Crippen LogP contribution >= 0.6 is 24.8 Å². The maximum Gasteiger partial charge on any atom is 0.308 e. The first-order valence-corrected chi connectivity index (χ1v) is 7.25. The van der Waals surface area contributed by atoms with E-state index in [4.69, 9.17) is 4.42 Å². The summed E-state index contributed by atoms with van der Waals surface area (Å²) in [6.07, 6.45) is 3.63. The fourth-order valence-corrected chi connectivity index (χ4v) is 3.73. The van der Waals surface area contributed by atoms with E-state index in [1.54, 1.807) is 6.26 Å². The largest absolute Gasteiger partial charge is 0.481 e. The molecule has 1 unspecified atom stereocenters. The monoisotopic (exact) mass is 350 g/mol. The Bertz CT molecular complexity index is 473. The first kappa shape index (κ1) is 19.3. The highest BCUT2D eigenvalue weighted by Gasteiger charge is 2.50. The van der Waals surface area contributed by atoms with Crippen LogP contribution in [-0.4, -0.2) is 54.1 Å². The van der Waals surface area contributed by atoms with Gasteiger partial charge in [0.2, 0.25) is 0 Å². The second kappa shape index (κ2) is 7.68. The van der Waals surface area contributed by atoms with E-state index in [0.29, 0.717) is 13.1 Å². The minimum Gasteiger partial charge on any atom is -0.481 e. The molecule has 1 aromatic rings. The summed E-state index contributed by atoms with van der Waals surface area (Å²) >= 11 is 0. The van der Waals surface area contributed by atoms with Crippen molar-refractivity contribution in [2.75, 3.05) is 33.2 Å². The van der Waals surface area contributed by atoms with Gasteiger partial charge in [0.05, 0.1) is 18.7 Å². The van der Waals surface area contributed by atoms with Crippen molar-refractivity contribution in [3.63, 3.8) is 0 Å². The number of carboxylic acid groups (broad SMARTS) is 1. The smallest absolute Gasteiger partial charge is 0.308 e. The van der Waals surface area contributed by atoms with Gasteiger partial charge in [0.25, 0.3) is 0 Å². The van der Waals surface area contributed by atoms with Crippen LogP contribution in [0.1, 0.15) is 18.6 Å². The zero-order chi connectivity index (χ0) is 14.2. The van der Waals surface area contributed by atoms with Crippen molar-refractivity contribution in [3.8, 4) is 0 Å². The third-order valence-corrected chi connectivity index (χ3v) is 4.96. The van der Waals surface area contributed by atoms with Crippen molar-refractivity contribution >= 4 is 30.8 Å². The molecule has 0 radical (unpaired) electrons. The molecule has 2 fully saturated rings. The number of carbonyl (C=O) groups is 1. The molecule has 2 saturated heterocycles. The molecule has 0 amide bonds. The maximum atomic E-state index is 11.6. The number of furan rings is 1. The summed E-state index contributed by atoms with van der Waals surface area (Å²) in [5, 5.41) is 9.58. The topological polar surface area (TPSA) is 56.9 Å². The molecule has 22 heavy (non-hydrogen) atoms. The quantitative estimate of drug-likeness (QED) is 0.906. The van der Waals surface area contributed by atoms with E-state index in [9.17, 15) is 9.90 Å². The Morgan fingerprint density at radius 3 is 2.64 bits per heavy atom. The minimum atomic E-state index is -0.642. The number of hydrogen-bond donors (Lipinski definition) is 1. The first-order chi connectivity index (χ1) is 9.59. The SMILES string of the molecule is CN1CCC2(CC1)CN(Cc1ccco1)CC2C(=O)O.Cl.Cl. The van der Waals surface area contributed by atoms with E-state index in [2.05, 4.69) is 16.8 Å². The van der Waals surface area contributed by atoms with Crippen LogP contribution in [0.25, 0.3) is 0 Å². The second-order valence-corrected chi connectivity index (χ2v) is 6.31. The van der Waals surface area contributed by atoms with Crippen LogP contribution in [-0.2, 0) is 11.3 Å². The van der Waals surface area contributed by atoms with Crippen LogP contribution in [0, 0.1) is 11.3 Å². The summed E-state index contributed by atoms with van der Waals surface area (Å²) in [5.41, 5.74) is -0.0507. The molecule has 2 aliphatic heterocycles. The zero-order valence-electron chi connectivity index (χ0n) is 12.7. The van der Waals surface area contributed by atoms with Gasteiger partial charge in [0, 0.05) is 18.5 Å². The number of aliphatic carboxylic acids is 1. The number of likely N-dealkylation sites (tertiary alicyclic amines) is 2. The number of nitrogens with zero attached hydrogens (tertiary/aromatic N) is 2. The van der Waals surface area contributed by atoms with Crippen molar-refractivity contribution in [2.24, 2.45) is 11.3 Å². The fourth-order valence-electron chi connectivity index (χ4n) is 3.73. The Balaban J connectivity index is 0.00000121. The molecule has 1 atom stereocenters. The summed E-state index contributed by atoms with van der Waals surface area (Å²) in [7, 11) is 2.11. The van der Waals surface area contributed by atoms with Crippen molar-refractivity contribution < 1.29 is 14.3 Å². The number of hydrogen-bond acceptors (Lipinski definition) is 4. The molecule has 0 bridgehead atoms. The fraction of sp³-hybridized carbons (Fsp3) is 0.667. The van der Waals surface area contributed by atoms with E-state index >= 15 is 0 Å². The lowest BCUT2D eigenvalue weighted by Gasteiger charge is -2.40. The van der Waals surface area contributed by atoms with Crippen LogP contribution in [0.15, 0.2) is 22.8 Å². The number of rotatable bonds is 3. The van der Waals surface area contributed by atoms with Gasteiger partial charge in [0.1, 0.15) is 5.76 Å². The Hall–Kier alpha value is -0.750. The lowest BCUT2D eigenvalue weighted by atomic mass is 9.71. The molecule has 126 valence electrons. The van der Waals surface area contributed by atoms with Gasteiger partial charge in [-0.3, -0.25) is 9.69 Å². The molecule has 3 heterocycles. The molecule has 3 rings (SSSR count). The molecule has 2 aliphatic rings. The Kier molecular flexibility index (Phi) is 6.74. The van der Waals surface area contributed by atoms with Crippen LogP contribution in [0.5, 0.6) is 0 Å². The second-order valence-electron chi connectivity index (χ2n) is 6.31. The van der Waals surface area contributed by atoms with Crippen molar-refractivity contribution in [1.82, 2.24) is 9.80 Å². The maximum absolute atomic E-state index is 11.6. The zero-order valence-corrected chi connectivity index (χ0v) is 14.4. The third-order valence-electron chi connectivity index (χ3n) is 4.96. The Morgan fingerprint density at radius 1 is 1.41 bits per heavy atom. The van der Waals surface area contributed by atoms with E-state index in [1.165, 1.54) is 0 Å². The predicted molar refractivity (Wildman–Crippen MR) is 88.8 cm³/mol. The van der Waals surface area contributed by atoms with Gasteiger partial charge in [0.15, 0.2) is 0 Å². The molecule has 0 saturated carbocycles. The summed E-state index contributed by atoms with van der Waals surface area (Å²) < 4.78 is 5.39. The normalized spacial score (nSPS) is 24.7. The summed E-state index contributed by atoms with van der Waals surface area (Å²) in [6, 6.07) is 3.83. The van der Waals surface area contributed by atoms with Crippen molar-refractivity contribution in [1.29, 1.82) is 0 Å². The van der Waals surface area contributed by atoms with Crippen LogP contribution < -0.4 is 0 Å². The molecule has 1 aromatic heterocycles.